The van der Waals surface area contributed by atoms with Gasteiger partial charge in [0.1, 0.15) is 47.9 Å². The van der Waals surface area contributed by atoms with Crippen LogP contribution < -0.4 is 60.8 Å². The lowest BCUT2D eigenvalue weighted by atomic mass is 9.72. The summed E-state index contributed by atoms with van der Waals surface area (Å²) < 4.78 is 617. The Bertz CT molecular complexity index is 6900. The van der Waals surface area contributed by atoms with E-state index in [-0.39, 0.29) is 96.6 Å². The lowest BCUT2D eigenvalue weighted by Gasteiger charge is -2.52. The standard InChI is InChI=1S/C25H40N2O4.3C24H38N2O4/c1-15(2)10-18-14-27-9-8-17-11-21(29-6)22(30-7)12-19(17)20(27)13-25(18,5)31-24(28)23(26)16(3)4;3*1-14(2)9-17-13-26-8-7-16-10-21(28-5)22(29-6)11-18(16)19(26)12-20(17)30-24(27)23(25)15(3)4/h11-12,15-16,18,20,23H,8-10,13-14,26H2,1-7H3;3*10-11,14-15,17,19-20,23H,7-9,12-13,25H2,1-6H3/t18?,20?,23-,25?;3*17?,19?,20?,23-/m0000/s1/i1D3,3D3,4D3,10D2,15D,16D,20D,23D;1D3,3D3,4D3,5D3,9D2,14D,15D,19D,20D,23D;1D3,3D3,4D3,9D2,14D,15D,19D,20D,23D;1D3,3D3,4D3,5D3,9D2,14D,15D,19D,23D/t15?,18?,20?,23-,25?;3*14?,17?,19?,20?,23-. The van der Waals surface area contributed by atoms with Gasteiger partial charge in [-0.05, 0) is 198 Å². The zero-order valence-electron chi connectivity index (χ0n) is 137. The van der Waals surface area contributed by atoms with Gasteiger partial charge in [-0.3, -0.25) is 38.8 Å². The minimum atomic E-state index is -4.07. The van der Waals surface area contributed by atoms with Crippen LogP contribution in [0.3, 0.4) is 0 Å². The molecule has 8 heterocycles. The van der Waals surface area contributed by atoms with Crippen molar-refractivity contribution >= 4 is 23.9 Å². The van der Waals surface area contributed by atoms with E-state index in [2.05, 4.69) is 0 Å². The molecule has 20 atom stereocenters. The SMILES string of the molecule is [2H]C([2H])([2H])Oc1cc2c(cc1OC)C1([2H])CC(OC(=O)[C@@]([2H])(N)C([2H])(C([2H])([2H])[2H])C([2H])([2H])[2H])C(C([2H])([2H])C([2H])(C)C([2H])([2H])[2H])CN1CC2.[2H]C([2H])([2H])Oc1cc2c(cc1OC)C1([2H])CC([2H])(OC(=O)[C@@]([2H])(N)C([2H])(C([2H])([2H])[2H])C([2H])([2H])[2H])C(C([2H])([2H])C([2H])(C)C([2H])([2H])[2H])CN1CC2.[2H]C1(OC(=O)[C@@]([2H])(N)C([2H])(C([2H])([2H])[2H])C([2H])([2H])[2H])CC2([2H])c3cc(OC)c(OC)cc3CCN2CC1C([2H])([2H])C([2H])(C)C([2H])([2H])[2H].[2H]C12CC(C)(OC(=O)[C@@]([2H])(N)C([2H])(C([2H])([2H])[2H])C([2H])([2H])[2H])C(C([2H])([2H])C([2H])(C)C([2H])([2H])[2H])CN1CCc1cc(OC)c(OC)cc12. The van der Waals surface area contributed by atoms with Crippen molar-refractivity contribution in [1.82, 2.24) is 19.6 Å². The maximum atomic E-state index is 13.7. The van der Waals surface area contributed by atoms with Crippen LogP contribution in [0.1, 0.15) is 330 Å². The van der Waals surface area contributed by atoms with Crippen LogP contribution in [0, 0.1) is 70.8 Å². The third-order valence-corrected chi connectivity index (χ3v) is 21.3. The van der Waals surface area contributed by atoms with Crippen LogP contribution in [0.5, 0.6) is 46.0 Å². The monoisotopic (exact) mass is 1760 g/mol. The molecule has 678 valence electrons. The molecular formula is C97H154N8O16. The van der Waals surface area contributed by atoms with Crippen molar-refractivity contribution in [3.63, 3.8) is 0 Å². The summed E-state index contributed by atoms with van der Waals surface area (Å²) in [5, 5.41) is 0. The number of methoxy groups -OCH3 is 8. The average Bonchev–Trinajstić information content (AvgIpc) is 0.694. The van der Waals surface area contributed by atoms with Crippen molar-refractivity contribution in [2.75, 3.05) is 109 Å². The van der Waals surface area contributed by atoms with Gasteiger partial charge in [0.15, 0.2) is 46.0 Å². The molecule has 0 aromatic heterocycles. The molecule has 8 aliphatic rings. The fraction of sp³-hybridized carbons (Fsp3) is 0.711. The Hall–Kier alpha value is -7.16. The summed E-state index contributed by atoms with van der Waals surface area (Å²) in [5.74, 6) is -43.4. The first-order valence-corrected chi connectivity index (χ1v) is 38.0. The fourth-order valence-electron chi connectivity index (χ4n) is 15.4. The van der Waals surface area contributed by atoms with Crippen LogP contribution in [0.4, 0.5) is 0 Å². The van der Waals surface area contributed by atoms with Gasteiger partial charge in [-0.2, -0.15) is 0 Å². The molecule has 16 unspecified atom stereocenters. The molecule has 12 rings (SSSR count). The number of fused-ring (bicyclic) bond motifs is 12. The zero-order valence-corrected chi connectivity index (χ0v) is 68.9. The highest BCUT2D eigenvalue weighted by Crippen LogP contribution is 2.52. The number of ether oxygens (including phenoxy) is 12. The maximum absolute atomic E-state index is 13.7. The summed E-state index contributed by atoms with van der Waals surface area (Å²) in [7, 11) is 2.16. The topological polar surface area (TPSA) is 296 Å². The number of nitrogens with two attached hydrogens (primary N) is 4. The van der Waals surface area contributed by atoms with Crippen molar-refractivity contribution in [1.29, 1.82) is 0 Å². The van der Waals surface area contributed by atoms with Crippen LogP contribution in [0.15, 0.2) is 48.5 Å². The summed E-state index contributed by atoms with van der Waals surface area (Å²) in [4.78, 5) is 60.3. The first kappa shape index (κ1) is 40.2. The predicted octanol–water partition coefficient (Wildman–Crippen LogP) is 14.6. The quantitative estimate of drug-likeness (QED) is 0.0303. The van der Waals surface area contributed by atoms with E-state index in [0.29, 0.717) is 45.7 Å². The Kier molecular flexibility index (Phi) is 14.5. The van der Waals surface area contributed by atoms with Gasteiger partial charge in [0.2, 0.25) is 0 Å². The molecule has 0 radical (unpaired) electrons. The Labute approximate surface area is 820 Å². The lowest BCUT2D eigenvalue weighted by molar-refractivity contribution is -0.179. The molecule has 4 aromatic carbocycles. The zero-order chi connectivity index (χ0) is 148. The van der Waals surface area contributed by atoms with Gasteiger partial charge in [0.05, 0.1) is 78.7 Å². The Morgan fingerprint density at radius 2 is 0.702 bits per heavy atom. The highest BCUT2D eigenvalue weighted by atomic mass is 16.6. The summed E-state index contributed by atoms with van der Waals surface area (Å²) in [6.07, 6.45) is -23.2. The molecule has 121 heavy (non-hydrogen) atoms. The molecule has 0 spiro atoms. The number of piperidine rings is 4. The molecule has 0 aliphatic carbocycles. The number of esters is 4. The third-order valence-electron chi connectivity index (χ3n) is 21.3. The van der Waals surface area contributed by atoms with Crippen LogP contribution in [0.25, 0.3) is 0 Å². The van der Waals surface area contributed by atoms with E-state index >= 15 is 0 Å². The van der Waals surface area contributed by atoms with Gasteiger partial charge in [0.25, 0.3) is 0 Å². The normalized spacial score (nSPS) is 42.6. The average molecular weight is 1760 g/mol. The largest absolute Gasteiger partial charge is 0.493 e. The second kappa shape index (κ2) is 43.6. The molecule has 8 N–H and O–H groups in total. The number of carbonyl (C=O) groups is 4. The smallest absolute Gasteiger partial charge is 0.323 e. The minimum Gasteiger partial charge on any atom is -0.493 e. The maximum Gasteiger partial charge on any atom is 0.323 e. The van der Waals surface area contributed by atoms with Gasteiger partial charge in [-0.15, -0.1) is 0 Å². The van der Waals surface area contributed by atoms with Crippen molar-refractivity contribution in [2.45, 2.75) is 266 Å². The van der Waals surface area contributed by atoms with Gasteiger partial charge in [-0.1, -0.05) is 110 Å². The Balaban J connectivity index is 0.000000274. The molecule has 4 aromatic rings. The lowest BCUT2D eigenvalue weighted by Crippen LogP contribution is -2.56. The van der Waals surface area contributed by atoms with Gasteiger partial charge >= 0.3 is 23.9 Å². The minimum absolute atomic E-state index is 0.0129. The van der Waals surface area contributed by atoms with Crippen molar-refractivity contribution < 1.29 is 169 Å². The van der Waals surface area contributed by atoms with Gasteiger partial charge in [0, 0.05) is 197 Å². The van der Waals surface area contributed by atoms with E-state index in [9.17, 15) is 27.4 Å². The first-order valence-electron chi connectivity index (χ1n) is 72.0. The number of benzene rings is 4. The molecule has 8 aliphatic heterocycles. The van der Waals surface area contributed by atoms with Crippen molar-refractivity contribution in [3.05, 3.63) is 93.0 Å². The van der Waals surface area contributed by atoms with Gasteiger partial charge in [-0.25, -0.2) is 0 Å². The van der Waals surface area contributed by atoms with E-state index in [0.717, 1.165) is 34.6 Å². The summed E-state index contributed by atoms with van der Waals surface area (Å²) >= 11 is 0. The van der Waals surface area contributed by atoms with Crippen LogP contribution >= 0.6 is 0 Å². The Morgan fingerprint density at radius 3 is 1.05 bits per heavy atom. The molecule has 0 saturated carbocycles. The summed E-state index contributed by atoms with van der Waals surface area (Å²) in [6.45, 7) is -42.0. The molecule has 24 nitrogen and oxygen atoms in total. The third kappa shape index (κ3) is 23.9. The molecular weight excluding hydrogens is 1530 g/mol. The van der Waals surface area contributed by atoms with E-state index in [1.165, 1.54) is 98.7 Å². The van der Waals surface area contributed by atoms with Crippen molar-refractivity contribution in [3.8, 4) is 46.0 Å². The molecule has 0 amide bonds. The van der Waals surface area contributed by atoms with Crippen molar-refractivity contribution in [2.24, 2.45) is 93.8 Å². The van der Waals surface area contributed by atoms with E-state index < -0.39 is 340 Å². The van der Waals surface area contributed by atoms with E-state index in [1.54, 1.807) is 12.1 Å². The molecule has 24 heteroatoms. The second-order valence-electron chi connectivity index (χ2n) is 29.4. The van der Waals surface area contributed by atoms with Crippen LogP contribution in [-0.4, -0.2) is 201 Å². The molecule has 4 fully saturated rings. The first-order chi connectivity index (χ1) is 83.6. The number of hydrogen-bond acceptors (Lipinski definition) is 24. The Morgan fingerprint density at radius 1 is 0.405 bits per heavy atom. The summed E-state index contributed by atoms with van der Waals surface area (Å²) in [5.41, 5.74) is 23.2. The number of rotatable bonds is 28. The number of nitrogens with zero attached hydrogens (tertiary/aromatic N) is 4. The second-order valence-corrected chi connectivity index (χ2v) is 29.4. The highest BCUT2D eigenvalue weighted by molar-refractivity contribution is 5.77. The molecule has 4 saturated heterocycles. The summed E-state index contributed by atoms with van der Waals surface area (Å²) in [6, 6.07) is -12.2. The predicted molar refractivity (Wildman–Crippen MR) is 476 cm³/mol. The van der Waals surface area contributed by atoms with Crippen LogP contribution in [0.2, 0.25) is 0 Å². The van der Waals surface area contributed by atoms with Crippen LogP contribution in [-0.2, 0) is 63.8 Å². The highest BCUT2D eigenvalue weighted by Gasteiger charge is 2.51. The van der Waals surface area contributed by atoms with Gasteiger partial charge < -0.3 is 79.8 Å². The van der Waals surface area contributed by atoms with E-state index in [4.69, 9.17) is 165 Å². The molecule has 0 bridgehead atoms. The fourth-order valence-corrected chi connectivity index (χ4v) is 15.4. The number of carbonyl (C=O) groups excluding carboxylic acids is 4. The number of hydrogen-bond donors (Lipinski definition) is 4. The van der Waals surface area contributed by atoms with E-state index in [1.807, 2.05) is 0 Å².